The zero-order valence-electron chi connectivity index (χ0n) is 30.9. The highest BCUT2D eigenvalue weighted by molar-refractivity contribution is 6.18. The maximum atomic E-state index is 2.44. The molecule has 2 heteroatoms. The van der Waals surface area contributed by atoms with E-state index in [4.69, 9.17) is 0 Å². The van der Waals surface area contributed by atoms with Crippen molar-refractivity contribution in [3.05, 3.63) is 205 Å². The maximum Gasteiger partial charge on any atom is 0.0547 e. The minimum Gasteiger partial charge on any atom is -0.310 e. The molecule has 0 aliphatic heterocycles. The third-order valence-electron chi connectivity index (χ3n) is 11.9. The largest absolute Gasteiger partial charge is 0.310 e. The van der Waals surface area contributed by atoms with Gasteiger partial charge < -0.3 is 9.47 Å². The van der Waals surface area contributed by atoms with Gasteiger partial charge in [-0.05, 0) is 134 Å². The molecular formula is C53H38N2. The molecule has 10 aromatic rings. The Kier molecular flexibility index (Phi) is 6.93. The van der Waals surface area contributed by atoms with Crippen LogP contribution < -0.4 is 4.90 Å². The van der Waals surface area contributed by atoms with Gasteiger partial charge in [0, 0.05) is 38.9 Å². The second-order valence-corrected chi connectivity index (χ2v) is 15.4. The van der Waals surface area contributed by atoms with Gasteiger partial charge in [-0.2, -0.15) is 0 Å². The smallest absolute Gasteiger partial charge is 0.0547 e. The van der Waals surface area contributed by atoms with Crippen LogP contribution in [-0.4, -0.2) is 4.57 Å². The van der Waals surface area contributed by atoms with Crippen LogP contribution in [0.25, 0.3) is 71.3 Å². The van der Waals surface area contributed by atoms with Crippen LogP contribution in [0.4, 0.5) is 17.1 Å². The molecule has 0 saturated heterocycles. The standard InChI is InChI=1S/C53H38N2/c1-53(2)49-31-36(25-28-44(49)45-29-26-42(33-50(45)53)54(39-14-6-3-7-15-39)40-16-8-4-9-17-40)35-24-27-43-37(30-35)22-23-38-32-52-48(34-47(38)43)46-20-12-13-21-51(46)55(52)41-18-10-5-11-19-41/h3-34H,1-2H3. The van der Waals surface area contributed by atoms with Crippen molar-refractivity contribution in [2.45, 2.75) is 19.3 Å². The molecule has 0 saturated carbocycles. The highest BCUT2D eigenvalue weighted by Gasteiger charge is 2.36. The van der Waals surface area contributed by atoms with Gasteiger partial charge >= 0.3 is 0 Å². The predicted octanol–water partition coefficient (Wildman–Crippen LogP) is 14.5. The van der Waals surface area contributed by atoms with E-state index in [0.717, 1.165) is 11.4 Å². The van der Waals surface area contributed by atoms with Crippen LogP contribution in [-0.2, 0) is 5.41 Å². The molecule has 2 nitrogen and oxygen atoms in total. The molecule has 260 valence electrons. The Balaban J connectivity index is 0.992. The lowest BCUT2D eigenvalue weighted by molar-refractivity contribution is 0.660. The fourth-order valence-electron chi connectivity index (χ4n) is 9.21. The van der Waals surface area contributed by atoms with Crippen LogP contribution in [0, 0.1) is 0 Å². The molecule has 55 heavy (non-hydrogen) atoms. The molecule has 9 aromatic carbocycles. The topological polar surface area (TPSA) is 8.17 Å². The van der Waals surface area contributed by atoms with Gasteiger partial charge in [0.25, 0.3) is 0 Å². The van der Waals surface area contributed by atoms with Crippen molar-refractivity contribution in [1.82, 2.24) is 4.57 Å². The van der Waals surface area contributed by atoms with Gasteiger partial charge in [0.15, 0.2) is 0 Å². The summed E-state index contributed by atoms with van der Waals surface area (Å²) in [5.74, 6) is 0. The third-order valence-corrected chi connectivity index (χ3v) is 11.9. The number of nitrogens with zero attached hydrogens (tertiary/aromatic N) is 2. The van der Waals surface area contributed by atoms with Crippen LogP contribution >= 0.6 is 0 Å². The van der Waals surface area contributed by atoms with Gasteiger partial charge in [-0.25, -0.2) is 0 Å². The first-order valence-electron chi connectivity index (χ1n) is 19.2. The average Bonchev–Trinajstić information content (AvgIpc) is 3.68. The molecule has 0 atom stereocenters. The van der Waals surface area contributed by atoms with Gasteiger partial charge in [0.1, 0.15) is 0 Å². The van der Waals surface area contributed by atoms with Gasteiger partial charge in [-0.1, -0.05) is 129 Å². The highest BCUT2D eigenvalue weighted by Crippen LogP contribution is 2.52. The summed E-state index contributed by atoms with van der Waals surface area (Å²) >= 11 is 0. The van der Waals surface area contributed by atoms with Crippen LogP contribution in [0.3, 0.4) is 0 Å². The van der Waals surface area contributed by atoms with Crippen LogP contribution in [0.1, 0.15) is 25.0 Å². The van der Waals surface area contributed by atoms with Crippen molar-refractivity contribution in [2.24, 2.45) is 0 Å². The van der Waals surface area contributed by atoms with E-state index in [9.17, 15) is 0 Å². The summed E-state index contributed by atoms with van der Waals surface area (Å²) in [6.07, 6.45) is 0. The van der Waals surface area contributed by atoms with E-state index in [2.05, 4.69) is 217 Å². The second kappa shape index (κ2) is 12.1. The van der Waals surface area contributed by atoms with Gasteiger partial charge in [-0.3, -0.25) is 0 Å². The number of rotatable bonds is 5. The fraction of sp³-hybridized carbons (Fsp3) is 0.0566. The van der Waals surface area contributed by atoms with Crippen LogP contribution in [0.15, 0.2) is 194 Å². The van der Waals surface area contributed by atoms with E-state index < -0.39 is 0 Å². The first kappa shape index (κ1) is 31.6. The van der Waals surface area contributed by atoms with Crippen molar-refractivity contribution < 1.29 is 0 Å². The number of aromatic nitrogens is 1. The molecule has 11 rings (SSSR count). The molecule has 0 amide bonds. The Labute approximate surface area is 321 Å². The second-order valence-electron chi connectivity index (χ2n) is 15.4. The molecule has 0 N–H and O–H groups in total. The zero-order chi connectivity index (χ0) is 36.7. The van der Waals surface area contributed by atoms with Crippen molar-refractivity contribution in [2.75, 3.05) is 4.90 Å². The number of benzene rings is 9. The van der Waals surface area contributed by atoms with Crippen molar-refractivity contribution >= 4 is 60.4 Å². The SMILES string of the molecule is CC1(C)c2cc(-c3ccc4c(ccc5cc6c(cc54)c4ccccc4n6-c4ccccc4)c3)ccc2-c2ccc(N(c3ccccc3)c3ccccc3)cc21. The molecule has 0 unspecified atom stereocenters. The fourth-order valence-corrected chi connectivity index (χ4v) is 9.21. The number of hydrogen-bond acceptors (Lipinski definition) is 1. The van der Waals surface area contributed by atoms with Crippen molar-refractivity contribution in [1.29, 1.82) is 0 Å². The highest BCUT2D eigenvalue weighted by atomic mass is 15.1. The first-order chi connectivity index (χ1) is 27.0. The van der Waals surface area contributed by atoms with Gasteiger partial charge in [0.05, 0.1) is 11.0 Å². The summed E-state index contributed by atoms with van der Waals surface area (Å²) in [5.41, 5.74) is 14.8. The lowest BCUT2D eigenvalue weighted by atomic mass is 9.81. The Morgan fingerprint density at radius 1 is 0.382 bits per heavy atom. The Bertz CT molecular complexity index is 3060. The number of hydrogen-bond donors (Lipinski definition) is 0. The summed E-state index contributed by atoms with van der Waals surface area (Å²) in [7, 11) is 0. The summed E-state index contributed by atoms with van der Waals surface area (Å²) in [5, 5.41) is 7.63. The minimum atomic E-state index is -0.160. The summed E-state index contributed by atoms with van der Waals surface area (Å²) in [6, 6.07) is 71.3. The summed E-state index contributed by atoms with van der Waals surface area (Å²) in [6.45, 7) is 4.76. The summed E-state index contributed by atoms with van der Waals surface area (Å²) in [4.78, 5) is 2.36. The Morgan fingerprint density at radius 3 is 1.69 bits per heavy atom. The normalized spacial score (nSPS) is 13.1. The zero-order valence-corrected chi connectivity index (χ0v) is 30.9. The first-order valence-corrected chi connectivity index (χ1v) is 19.2. The molecule has 1 heterocycles. The number of anilines is 3. The molecule has 0 fully saturated rings. The molecular weight excluding hydrogens is 665 g/mol. The molecule has 0 radical (unpaired) electrons. The van der Waals surface area contributed by atoms with E-state index in [1.54, 1.807) is 0 Å². The van der Waals surface area contributed by atoms with Crippen molar-refractivity contribution in [3.63, 3.8) is 0 Å². The Morgan fingerprint density at radius 2 is 0.964 bits per heavy atom. The lowest BCUT2D eigenvalue weighted by Gasteiger charge is -2.28. The van der Waals surface area contributed by atoms with E-state index in [1.165, 1.54) is 88.1 Å². The molecule has 1 aromatic heterocycles. The molecule has 0 bridgehead atoms. The maximum absolute atomic E-state index is 2.44. The quantitative estimate of drug-likeness (QED) is 0.162. The van der Waals surface area contributed by atoms with E-state index >= 15 is 0 Å². The Hall–Kier alpha value is -6.90. The van der Waals surface area contributed by atoms with Crippen LogP contribution in [0.2, 0.25) is 0 Å². The molecule has 1 aliphatic carbocycles. The average molecular weight is 703 g/mol. The third kappa shape index (κ3) is 4.88. The van der Waals surface area contributed by atoms with E-state index in [1.807, 2.05) is 0 Å². The summed E-state index contributed by atoms with van der Waals surface area (Å²) < 4.78 is 2.40. The van der Waals surface area contributed by atoms with E-state index in [-0.39, 0.29) is 5.41 Å². The number of fused-ring (bicyclic) bond motifs is 9. The van der Waals surface area contributed by atoms with Crippen LogP contribution in [0.5, 0.6) is 0 Å². The van der Waals surface area contributed by atoms with Gasteiger partial charge in [0.2, 0.25) is 0 Å². The minimum absolute atomic E-state index is 0.160. The molecule has 0 spiro atoms. The lowest BCUT2D eigenvalue weighted by Crippen LogP contribution is -2.16. The molecule has 1 aliphatic rings. The monoisotopic (exact) mass is 702 g/mol. The van der Waals surface area contributed by atoms with E-state index in [0.29, 0.717) is 0 Å². The number of para-hydroxylation sites is 4. The van der Waals surface area contributed by atoms with Crippen molar-refractivity contribution in [3.8, 4) is 27.9 Å². The van der Waals surface area contributed by atoms with Gasteiger partial charge in [-0.15, -0.1) is 0 Å². The predicted molar refractivity (Wildman–Crippen MR) is 233 cm³/mol.